The number of methoxy groups -OCH3 is 2. The lowest BCUT2D eigenvalue weighted by molar-refractivity contribution is -0.140. The molecule has 5 heteroatoms. The summed E-state index contributed by atoms with van der Waals surface area (Å²) in [6.07, 6.45) is 0.457. The van der Waals surface area contributed by atoms with Crippen LogP contribution in [0.2, 0.25) is 0 Å². The Hall–Kier alpha value is -1.62. The van der Waals surface area contributed by atoms with Gasteiger partial charge in [0.15, 0.2) is 0 Å². The van der Waals surface area contributed by atoms with Gasteiger partial charge in [-0.15, -0.1) is 0 Å². The highest BCUT2D eigenvalue weighted by molar-refractivity contribution is 5.69. The first-order valence-corrected chi connectivity index (χ1v) is 5.25. The van der Waals surface area contributed by atoms with Crippen molar-refractivity contribution >= 4 is 5.97 Å². The Morgan fingerprint density at radius 1 is 1.47 bits per heavy atom. The Bertz CT molecular complexity index is 395. The van der Waals surface area contributed by atoms with E-state index in [1.165, 1.54) is 20.3 Å². The van der Waals surface area contributed by atoms with Crippen molar-refractivity contribution in [3.8, 4) is 5.75 Å². The predicted octanol–water partition coefficient (Wildman–Crippen LogP) is 1.79. The zero-order chi connectivity index (χ0) is 12.8. The molecule has 0 saturated carbocycles. The number of halogens is 1. The lowest BCUT2D eigenvalue weighted by Gasteiger charge is -2.15. The third-order valence-corrected chi connectivity index (χ3v) is 2.49. The van der Waals surface area contributed by atoms with Crippen molar-refractivity contribution in [2.45, 2.75) is 18.9 Å². The van der Waals surface area contributed by atoms with E-state index in [1.807, 2.05) is 0 Å². The molecule has 0 heterocycles. The molecule has 0 radical (unpaired) electrons. The number of nitrogens with two attached hydrogens (primary N) is 1. The van der Waals surface area contributed by atoms with E-state index in [4.69, 9.17) is 10.5 Å². The molecule has 0 fully saturated rings. The van der Waals surface area contributed by atoms with Crippen LogP contribution in [0.1, 0.15) is 24.4 Å². The number of benzene rings is 1. The van der Waals surface area contributed by atoms with Gasteiger partial charge in [0, 0.05) is 18.0 Å². The topological polar surface area (TPSA) is 61.5 Å². The van der Waals surface area contributed by atoms with Gasteiger partial charge in [0.25, 0.3) is 0 Å². The van der Waals surface area contributed by atoms with Crippen molar-refractivity contribution in [2.24, 2.45) is 5.73 Å². The van der Waals surface area contributed by atoms with Crippen LogP contribution in [-0.4, -0.2) is 20.2 Å². The van der Waals surface area contributed by atoms with Crippen LogP contribution in [0.3, 0.4) is 0 Å². The van der Waals surface area contributed by atoms with E-state index in [0.717, 1.165) is 0 Å². The summed E-state index contributed by atoms with van der Waals surface area (Å²) in [4.78, 5) is 11.0. The second-order valence-electron chi connectivity index (χ2n) is 3.58. The summed E-state index contributed by atoms with van der Waals surface area (Å²) in [6.45, 7) is 0. The molecule has 0 spiro atoms. The summed E-state index contributed by atoms with van der Waals surface area (Å²) in [7, 11) is 2.75. The smallest absolute Gasteiger partial charge is 0.305 e. The summed E-state index contributed by atoms with van der Waals surface area (Å²) >= 11 is 0. The van der Waals surface area contributed by atoms with E-state index in [9.17, 15) is 9.18 Å². The van der Waals surface area contributed by atoms with Crippen molar-refractivity contribution in [2.75, 3.05) is 14.2 Å². The van der Waals surface area contributed by atoms with Gasteiger partial charge in [-0.3, -0.25) is 4.79 Å². The van der Waals surface area contributed by atoms with Crippen LogP contribution in [0.25, 0.3) is 0 Å². The molecule has 2 N–H and O–H groups in total. The molecular weight excluding hydrogens is 225 g/mol. The minimum absolute atomic E-state index is 0.148. The van der Waals surface area contributed by atoms with Crippen molar-refractivity contribution < 1.29 is 18.7 Å². The van der Waals surface area contributed by atoms with Crippen LogP contribution < -0.4 is 10.5 Å². The third kappa shape index (κ3) is 3.42. The van der Waals surface area contributed by atoms with E-state index in [-0.39, 0.29) is 12.4 Å². The fourth-order valence-corrected chi connectivity index (χ4v) is 1.57. The van der Waals surface area contributed by atoms with Crippen LogP contribution >= 0.6 is 0 Å². The zero-order valence-electron chi connectivity index (χ0n) is 9.90. The predicted molar refractivity (Wildman–Crippen MR) is 61.1 cm³/mol. The molecule has 1 atom stereocenters. The van der Waals surface area contributed by atoms with E-state index in [0.29, 0.717) is 17.7 Å². The highest BCUT2D eigenvalue weighted by Gasteiger charge is 2.17. The first-order valence-electron chi connectivity index (χ1n) is 5.25. The normalized spacial score (nSPS) is 12.0. The molecule has 1 aromatic rings. The maximum absolute atomic E-state index is 13.6. The second kappa shape index (κ2) is 6.20. The Morgan fingerprint density at radius 2 is 2.18 bits per heavy atom. The van der Waals surface area contributed by atoms with E-state index in [1.54, 1.807) is 12.1 Å². The number of esters is 1. The van der Waals surface area contributed by atoms with Crippen molar-refractivity contribution in [1.29, 1.82) is 0 Å². The lowest BCUT2D eigenvalue weighted by Crippen LogP contribution is -2.15. The number of carbonyl (C=O) groups excluding carboxylic acids is 1. The molecule has 4 nitrogen and oxygen atoms in total. The van der Waals surface area contributed by atoms with Crippen LogP contribution in [0, 0.1) is 5.82 Å². The number of carbonyl (C=O) groups is 1. The van der Waals surface area contributed by atoms with Gasteiger partial charge in [-0.2, -0.15) is 0 Å². The van der Waals surface area contributed by atoms with E-state index in [2.05, 4.69) is 4.74 Å². The number of hydrogen-bond donors (Lipinski definition) is 1. The van der Waals surface area contributed by atoms with Gasteiger partial charge in [-0.1, -0.05) is 6.07 Å². The molecule has 1 aromatic carbocycles. The first kappa shape index (κ1) is 13.4. The molecule has 0 saturated heterocycles. The Kier molecular flexibility index (Phi) is 4.90. The molecular formula is C12H16FNO3. The number of hydrogen-bond acceptors (Lipinski definition) is 4. The van der Waals surface area contributed by atoms with Crippen LogP contribution in [-0.2, 0) is 9.53 Å². The monoisotopic (exact) mass is 241 g/mol. The van der Waals surface area contributed by atoms with Crippen molar-refractivity contribution in [3.63, 3.8) is 0 Å². The van der Waals surface area contributed by atoms with Crippen molar-refractivity contribution in [1.82, 2.24) is 0 Å². The summed E-state index contributed by atoms with van der Waals surface area (Å²) < 4.78 is 23.2. The highest BCUT2D eigenvalue weighted by Crippen LogP contribution is 2.28. The molecule has 0 amide bonds. The molecule has 0 bridgehead atoms. The minimum Gasteiger partial charge on any atom is -0.496 e. The molecule has 0 aliphatic carbocycles. The fourth-order valence-electron chi connectivity index (χ4n) is 1.57. The SMILES string of the molecule is COC(=O)CCC(N)c1c(F)cccc1OC. The number of rotatable bonds is 5. The summed E-state index contributed by atoms with van der Waals surface area (Å²) in [5.74, 6) is -0.403. The van der Waals surface area contributed by atoms with E-state index < -0.39 is 11.9 Å². The zero-order valence-corrected chi connectivity index (χ0v) is 9.90. The van der Waals surface area contributed by atoms with Gasteiger partial charge in [-0.05, 0) is 18.6 Å². The molecule has 0 aliphatic heterocycles. The van der Waals surface area contributed by atoms with Gasteiger partial charge in [0.1, 0.15) is 11.6 Å². The number of ether oxygens (including phenoxy) is 2. The molecule has 0 aromatic heterocycles. The van der Waals surface area contributed by atoms with E-state index >= 15 is 0 Å². The fraction of sp³-hybridized carbons (Fsp3) is 0.417. The van der Waals surface area contributed by atoms with Crippen molar-refractivity contribution in [3.05, 3.63) is 29.6 Å². The lowest BCUT2D eigenvalue weighted by atomic mass is 10.0. The van der Waals surface area contributed by atoms with Crippen LogP contribution in [0.15, 0.2) is 18.2 Å². The highest BCUT2D eigenvalue weighted by atomic mass is 19.1. The standard InChI is InChI=1S/C12H16FNO3/c1-16-10-5-3-4-8(13)12(10)9(14)6-7-11(15)17-2/h3-5,9H,6-7,14H2,1-2H3. The van der Waals surface area contributed by atoms with Gasteiger partial charge >= 0.3 is 5.97 Å². The summed E-state index contributed by atoms with van der Waals surface area (Å²) in [6, 6.07) is 3.90. The molecule has 0 aliphatic rings. The summed E-state index contributed by atoms with van der Waals surface area (Å²) in [5.41, 5.74) is 6.14. The molecule has 1 unspecified atom stereocenters. The molecule has 17 heavy (non-hydrogen) atoms. The minimum atomic E-state index is -0.592. The maximum atomic E-state index is 13.6. The second-order valence-corrected chi connectivity index (χ2v) is 3.58. The van der Waals surface area contributed by atoms with Gasteiger partial charge in [0.2, 0.25) is 0 Å². The average Bonchev–Trinajstić information content (AvgIpc) is 2.34. The van der Waals surface area contributed by atoms with Gasteiger partial charge in [0.05, 0.1) is 14.2 Å². The Labute approximate surface area is 99.5 Å². The van der Waals surface area contributed by atoms with Gasteiger partial charge in [-0.25, -0.2) is 4.39 Å². The van der Waals surface area contributed by atoms with Crippen LogP contribution in [0.4, 0.5) is 4.39 Å². The van der Waals surface area contributed by atoms with Gasteiger partial charge < -0.3 is 15.2 Å². The Balaban J connectivity index is 2.80. The summed E-state index contributed by atoms with van der Waals surface area (Å²) in [5, 5.41) is 0. The Morgan fingerprint density at radius 3 is 2.76 bits per heavy atom. The third-order valence-electron chi connectivity index (χ3n) is 2.49. The van der Waals surface area contributed by atoms with Crippen LogP contribution in [0.5, 0.6) is 5.75 Å². The molecule has 1 rings (SSSR count). The average molecular weight is 241 g/mol. The largest absolute Gasteiger partial charge is 0.496 e. The maximum Gasteiger partial charge on any atom is 0.305 e. The first-order chi connectivity index (χ1) is 8.10. The molecule has 94 valence electrons. The quantitative estimate of drug-likeness (QED) is 0.798.